The first-order valence-electron chi connectivity index (χ1n) is 6.38. The average molecular weight is 262 g/mol. The fourth-order valence-electron chi connectivity index (χ4n) is 0.954. The van der Waals surface area contributed by atoms with Crippen LogP contribution in [-0.4, -0.2) is 42.4 Å². The SMILES string of the molecule is CC(C)(C)[C@H](N)C=O.CNCCCC(C)C(O)O. The van der Waals surface area contributed by atoms with Crippen LogP contribution in [0.25, 0.3) is 0 Å². The molecule has 5 N–H and O–H groups in total. The minimum atomic E-state index is -1.16. The molecule has 0 rings (SSSR count). The molecule has 5 nitrogen and oxygen atoms in total. The molecule has 0 aromatic carbocycles. The van der Waals surface area contributed by atoms with Crippen molar-refractivity contribution in [1.82, 2.24) is 5.32 Å². The van der Waals surface area contributed by atoms with Crippen LogP contribution in [0.5, 0.6) is 0 Å². The number of rotatable bonds is 6. The zero-order valence-corrected chi connectivity index (χ0v) is 12.3. The van der Waals surface area contributed by atoms with E-state index >= 15 is 0 Å². The van der Waals surface area contributed by atoms with Crippen molar-refractivity contribution in [1.29, 1.82) is 0 Å². The molecule has 2 atom stereocenters. The van der Waals surface area contributed by atoms with Crippen LogP contribution in [-0.2, 0) is 4.79 Å². The predicted octanol–water partition coefficient (Wildman–Crippen LogP) is 0.492. The highest BCUT2D eigenvalue weighted by Gasteiger charge is 2.18. The van der Waals surface area contributed by atoms with Gasteiger partial charge in [0.15, 0.2) is 6.29 Å². The number of hydrogen-bond acceptors (Lipinski definition) is 5. The molecule has 0 spiro atoms. The van der Waals surface area contributed by atoms with Gasteiger partial charge >= 0.3 is 0 Å². The Kier molecular flexibility index (Phi) is 11.5. The molecule has 1 unspecified atom stereocenters. The Morgan fingerprint density at radius 2 is 1.83 bits per heavy atom. The normalized spacial score (nSPS) is 14.7. The summed E-state index contributed by atoms with van der Waals surface area (Å²) < 4.78 is 0. The molecule has 0 radical (unpaired) electrons. The zero-order chi connectivity index (χ0) is 14.8. The summed E-state index contributed by atoms with van der Waals surface area (Å²) in [5, 5.41) is 20.3. The van der Waals surface area contributed by atoms with Crippen LogP contribution < -0.4 is 11.1 Å². The molecule has 0 aliphatic carbocycles. The second-order valence-electron chi connectivity index (χ2n) is 5.66. The molecule has 0 heterocycles. The summed E-state index contributed by atoms with van der Waals surface area (Å²) in [6, 6.07) is -0.331. The Morgan fingerprint density at radius 3 is 2.06 bits per heavy atom. The number of aldehydes is 1. The molecule has 0 aliphatic heterocycles. The van der Waals surface area contributed by atoms with Crippen molar-refractivity contribution in [2.45, 2.75) is 52.9 Å². The van der Waals surface area contributed by atoms with Gasteiger partial charge in [-0.1, -0.05) is 27.7 Å². The second-order valence-corrected chi connectivity index (χ2v) is 5.66. The fourth-order valence-corrected chi connectivity index (χ4v) is 0.954. The van der Waals surface area contributed by atoms with E-state index in [9.17, 15) is 4.79 Å². The number of nitrogens with one attached hydrogen (secondary N) is 1. The van der Waals surface area contributed by atoms with E-state index in [1.54, 1.807) is 0 Å². The van der Waals surface area contributed by atoms with E-state index in [0.29, 0.717) is 0 Å². The van der Waals surface area contributed by atoms with E-state index < -0.39 is 6.29 Å². The number of carbonyl (C=O) groups is 1. The number of aliphatic hydroxyl groups excluding tert-OH is 1. The first-order valence-corrected chi connectivity index (χ1v) is 6.38. The van der Waals surface area contributed by atoms with Crippen LogP contribution in [0.15, 0.2) is 0 Å². The van der Waals surface area contributed by atoms with Gasteiger partial charge in [-0.2, -0.15) is 0 Å². The van der Waals surface area contributed by atoms with Crippen molar-refractivity contribution in [3.63, 3.8) is 0 Å². The Hall–Kier alpha value is -0.490. The lowest BCUT2D eigenvalue weighted by atomic mass is 9.89. The van der Waals surface area contributed by atoms with Crippen LogP contribution in [0, 0.1) is 11.3 Å². The molecular weight excluding hydrogens is 232 g/mol. The number of nitrogens with two attached hydrogens (primary N) is 1. The molecule has 0 saturated heterocycles. The summed E-state index contributed by atoms with van der Waals surface area (Å²) >= 11 is 0. The molecule has 110 valence electrons. The van der Waals surface area contributed by atoms with Crippen molar-refractivity contribution in [2.75, 3.05) is 13.6 Å². The van der Waals surface area contributed by atoms with Gasteiger partial charge in [-0.15, -0.1) is 0 Å². The summed E-state index contributed by atoms with van der Waals surface area (Å²) in [4.78, 5) is 10.0. The Balaban J connectivity index is 0. The van der Waals surface area contributed by atoms with E-state index in [1.807, 2.05) is 34.7 Å². The van der Waals surface area contributed by atoms with E-state index in [0.717, 1.165) is 25.7 Å². The van der Waals surface area contributed by atoms with Crippen molar-refractivity contribution in [2.24, 2.45) is 17.1 Å². The predicted molar refractivity (Wildman–Crippen MR) is 74.0 cm³/mol. The van der Waals surface area contributed by atoms with Crippen LogP contribution in [0.4, 0.5) is 0 Å². The summed E-state index contributed by atoms with van der Waals surface area (Å²) in [5.41, 5.74) is 5.30. The summed E-state index contributed by atoms with van der Waals surface area (Å²) in [6.45, 7) is 8.58. The van der Waals surface area contributed by atoms with Crippen molar-refractivity contribution < 1.29 is 15.0 Å². The monoisotopic (exact) mass is 262 g/mol. The molecule has 0 amide bonds. The largest absolute Gasteiger partial charge is 0.368 e. The van der Waals surface area contributed by atoms with Gasteiger partial charge in [0.1, 0.15) is 6.29 Å². The molecule has 0 aliphatic rings. The smallest absolute Gasteiger partial charge is 0.154 e. The average Bonchev–Trinajstić information content (AvgIpc) is 2.27. The van der Waals surface area contributed by atoms with Gasteiger partial charge in [0.2, 0.25) is 0 Å². The molecule has 0 aromatic rings. The lowest BCUT2D eigenvalue weighted by Crippen LogP contribution is -2.36. The zero-order valence-electron chi connectivity index (χ0n) is 12.3. The molecule has 0 fully saturated rings. The number of carbonyl (C=O) groups excluding carboxylic acids is 1. The van der Waals surface area contributed by atoms with E-state index in [2.05, 4.69) is 5.32 Å². The topological polar surface area (TPSA) is 95.6 Å². The van der Waals surface area contributed by atoms with Gasteiger partial charge in [-0.25, -0.2) is 0 Å². The second kappa shape index (κ2) is 10.4. The standard InChI is InChI=1S/C7H17NO2.C6H13NO/c1-6(7(9)10)4-3-5-8-2;1-6(2,3)5(7)4-8/h6-10H,3-5H2,1-2H3;4-5H,7H2,1-3H3/t;5-/m.1/s1. The van der Waals surface area contributed by atoms with Gasteiger partial charge in [0, 0.05) is 5.92 Å². The van der Waals surface area contributed by atoms with E-state index in [4.69, 9.17) is 15.9 Å². The van der Waals surface area contributed by atoms with Gasteiger partial charge in [0.25, 0.3) is 0 Å². The third kappa shape index (κ3) is 12.0. The van der Waals surface area contributed by atoms with Crippen LogP contribution in [0.3, 0.4) is 0 Å². The van der Waals surface area contributed by atoms with Crippen LogP contribution in [0.2, 0.25) is 0 Å². The number of aliphatic hydroxyl groups is 2. The van der Waals surface area contributed by atoms with Crippen molar-refractivity contribution in [3.8, 4) is 0 Å². The third-order valence-electron chi connectivity index (χ3n) is 2.74. The maximum absolute atomic E-state index is 10.0. The minimum Gasteiger partial charge on any atom is -0.368 e. The minimum absolute atomic E-state index is 0.00616. The highest BCUT2D eigenvalue weighted by atomic mass is 16.5. The maximum Gasteiger partial charge on any atom is 0.154 e. The third-order valence-corrected chi connectivity index (χ3v) is 2.74. The van der Waals surface area contributed by atoms with E-state index in [-0.39, 0.29) is 17.4 Å². The van der Waals surface area contributed by atoms with Crippen molar-refractivity contribution in [3.05, 3.63) is 0 Å². The fraction of sp³-hybridized carbons (Fsp3) is 0.923. The highest BCUT2D eigenvalue weighted by Crippen LogP contribution is 2.14. The maximum atomic E-state index is 10.0. The number of hydrogen-bond donors (Lipinski definition) is 4. The Bertz CT molecular complexity index is 203. The van der Waals surface area contributed by atoms with Gasteiger partial charge in [0.05, 0.1) is 6.04 Å². The summed E-state index contributed by atoms with van der Waals surface area (Å²) in [7, 11) is 1.89. The van der Waals surface area contributed by atoms with Crippen molar-refractivity contribution >= 4 is 6.29 Å². The van der Waals surface area contributed by atoms with Gasteiger partial charge in [-0.05, 0) is 31.8 Å². The molecule has 18 heavy (non-hydrogen) atoms. The molecule has 0 bridgehead atoms. The molecular formula is C13H30N2O3. The quantitative estimate of drug-likeness (QED) is 0.317. The summed E-state index contributed by atoms with van der Waals surface area (Å²) in [6.07, 6.45) is 1.48. The lowest BCUT2D eigenvalue weighted by Gasteiger charge is -2.20. The van der Waals surface area contributed by atoms with Gasteiger partial charge < -0.3 is 26.1 Å². The molecule has 0 aromatic heterocycles. The molecule has 0 saturated carbocycles. The molecule has 5 heteroatoms. The van der Waals surface area contributed by atoms with Crippen LogP contribution >= 0.6 is 0 Å². The van der Waals surface area contributed by atoms with E-state index in [1.165, 1.54) is 0 Å². The Morgan fingerprint density at radius 1 is 1.33 bits per heavy atom. The first kappa shape index (κ1) is 19.8. The Labute approximate surface area is 111 Å². The van der Waals surface area contributed by atoms with Gasteiger partial charge in [-0.3, -0.25) is 0 Å². The summed E-state index contributed by atoms with van der Waals surface area (Å²) in [5.74, 6) is -0.00616. The van der Waals surface area contributed by atoms with Crippen LogP contribution in [0.1, 0.15) is 40.5 Å². The first-order chi connectivity index (χ1) is 8.16. The highest BCUT2D eigenvalue weighted by molar-refractivity contribution is 5.58. The lowest BCUT2D eigenvalue weighted by molar-refractivity contribution is -0.110.